The molecule has 0 saturated heterocycles. The van der Waals surface area contributed by atoms with Crippen LogP contribution in [0, 0.1) is 17.0 Å². The summed E-state index contributed by atoms with van der Waals surface area (Å²) < 4.78 is 0. The van der Waals surface area contributed by atoms with E-state index in [0.29, 0.717) is 0 Å². The minimum atomic E-state index is -0.679. The van der Waals surface area contributed by atoms with Gasteiger partial charge in [0, 0.05) is 17.8 Å². The Labute approximate surface area is 118 Å². The lowest BCUT2D eigenvalue weighted by Crippen LogP contribution is -2.24. The molecule has 1 amide bonds. The van der Waals surface area contributed by atoms with Crippen LogP contribution >= 0.6 is 11.6 Å². The Morgan fingerprint density at radius 1 is 1.55 bits per heavy atom. The van der Waals surface area contributed by atoms with Crippen LogP contribution in [0.1, 0.15) is 21.6 Å². The maximum atomic E-state index is 12.0. The van der Waals surface area contributed by atoms with Gasteiger partial charge in [-0.05, 0) is 13.0 Å². The number of rotatable bonds is 4. The molecule has 104 valence electrons. The summed E-state index contributed by atoms with van der Waals surface area (Å²) in [7, 11) is 0. The molecule has 0 bridgehead atoms. The van der Waals surface area contributed by atoms with E-state index in [4.69, 9.17) is 11.6 Å². The summed E-state index contributed by atoms with van der Waals surface area (Å²) in [5.74, 6) is -0.596. The number of nitro groups is 1. The highest BCUT2D eigenvalue weighted by atomic mass is 35.5. The number of halogens is 1. The second-order valence-electron chi connectivity index (χ2n) is 3.98. The van der Waals surface area contributed by atoms with E-state index in [1.54, 1.807) is 13.1 Å². The van der Waals surface area contributed by atoms with Gasteiger partial charge in [-0.1, -0.05) is 11.6 Å². The van der Waals surface area contributed by atoms with Crippen LogP contribution in [-0.4, -0.2) is 26.0 Å². The van der Waals surface area contributed by atoms with Crippen molar-refractivity contribution in [3.63, 3.8) is 0 Å². The number of amides is 1. The molecule has 0 aliphatic carbocycles. The minimum Gasteiger partial charge on any atom is -0.348 e. The molecule has 0 atom stereocenters. The quantitative estimate of drug-likeness (QED) is 0.505. The van der Waals surface area contributed by atoms with Crippen LogP contribution < -0.4 is 5.32 Å². The first-order valence-corrected chi connectivity index (χ1v) is 5.94. The van der Waals surface area contributed by atoms with E-state index in [1.165, 1.54) is 0 Å². The fourth-order valence-corrected chi connectivity index (χ4v) is 1.73. The topological polar surface area (TPSA) is 114 Å². The summed E-state index contributed by atoms with van der Waals surface area (Å²) in [5, 5.41) is 20.0. The predicted molar refractivity (Wildman–Crippen MR) is 70.4 cm³/mol. The number of carbonyl (C=O) groups excluding carboxylic acids is 1. The lowest BCUT2D eigenvalue weighted by Gasteiger charge is -2.05. The molecule has 9 heteroatoms. The van der Waals surface area contributed by atoms with Gasteiger partial charge in [-0.25, -0.2) is 4.98 Å². The standard InChI is InChI=1S/C11H10ClN5O3/c1-6-7(4-15-16-6)3-14-11(18)8-2-10(12)13-5-9(8)17(19)20/h2,4-5H,3H2,1H3,(H,14,18)(H,15,16). The Balaban J connectivity index is 2.19. The molecule has 0 aliphatic rings. The number of carbonyl (C=O) groups is 1. The normalized spacial score (nSPS) is 10.3. The Bertz CT molecular complexity index is 670. The number of H-pyrrole nitrogens is 1. The lowest BCUT2D eigenvalue weighted by atomic mass is 10.2. The van der Waals surface area contributed by atoms with Crippen molar-refractivity contribution in [1.29, 1.82) is 0 Å². The monoisotopic (exact) mass is 295 g/mol. The summed E-state index contributed by atoms with van der Waals surface area (Å²) >= 11 is 5.66. The zero-order chi connectivity index (χ0) is 14.7. The van der Waals surface area contributed by atoms with E-state index in [-0.39, 0.29) is 17.3 Å². The zero-order valence-corrected chi connectivity index (χ0v) is 11.1. The third-order valence-corrected chi connectivity index (χ3v) is 2.87. The molecule has 20 heavy (non-hydrogen) atoms. The van der Waals surface area contributed by atoms with Crippen LogP contribution in [0.3, 0.4) is 0 Å². The van der Waals surface area contributed by atoms with E-state index in [1.807, 2.05) is 0 Å². The minimum absolute atomic E-state index is 0.0141. The number of nitrogens with zero attached hydrogens (tertiary/aromatic N) is 3. The third-order valence-electron chi connectivity index (χ3n) is 2.66. The van der Waals surface area contributed by atoms with Gasteiger partial charge in [0.15, 0.2) is 0 Å². The van der Waals surface area contributed by atoms with E-state index < -0.39 is 16.5 Å². The fourth-order valence-electron chi connectivity index (χ4n) is 1.57. The highest BCUT2D eigenvalue weighted by Gasteiger charge is 2.21. The fraction of sp³-hybridized carbons (Fsp3) is 0.182. The molecular weight excluding hydrogens is 286 g/mol. The van der Waals surface area contributed by atoms with Crippen LogP contribution in [-0.2, 0) is 6.54 Å². The maximum absolute atomic E-state index is 12.0. The highest BCUT2D eigenvalue weighted by molar-refractivity contribution is 6.29. The van der Waals surface area contributed by atoms with Gasteiger partial charge in [0.1, 0.15) is 16.9 Å². The molecule has 2 aromatic heterocycles. The molecule has 0 radical (unpaired) electrons. The summed E-state index contributed by atoms with van der Waals surface area (Å²) in [4.78, 5) is 25.8. The van der Waals surface area contributed by atoms with Crippen molar-refractivity contribution in [3.05, 3.63) is 50.5 Å². The van der Waals surface area contributed by atoms with Gasteiger partial charge in [-0.15, -0.1) is 0 Å². The highest BCUT2D eigenvalue weighted by Crippen LogP contribution is 2.20. The summed E-state index contributed by atoms with van der Waals surface area (Å²) in [5.41, 5.74) is 1.08. The van der Waals surface area contributed by atoms with Crippen molar-refractivity contribution in [1.82, 2.24) is 20.5 Å². The number of aromatic nitrogens is 3. The Morgan fingerprint density at radius 2 is 2.30 bits per heavy atom. The van der Waals surface area contributed by atoms with Crippen molar-refractivity contribution in [2.75, 3.05) is 0 Å². The molecule has 0 fully saturated rings. The van der Waals surface area contributed by atoms with Crippen LogP contribution in [0.4, 0.5) is 5.69 Å². The van der Waals surface area contributed by atoms with E-state index in [0.717, 1.165) is 23.5 Å². The maximum Gasteiger partial charge on any atom is 0.300 e. The first-order valence-electron chi connectivity index (χ1n) is 5.56. The summed E-state index contributed by atoms with van der Waals surface area (Å²) in [6.45, 7) is 2.01. The van der Waals surface area contributed by atoms with E-state index in [9.17, 15) is 14.9 Å². The van der Waals surface area contributed by atoms with E-state index in [2.05, 4.69) is 20.5 Å². The Morgan fingerprint density at radius 3 is 2.90 bits per heavy atom. The number of aromatic amines is 1. The van der Waals surface area contributed by atoms with Gasteiger partial charge in [0.05, 0.1) is 11.1 Å². The van der Waals surface area contributed by atoms with Crippen molar-refractivity contribution < 1.29 is 9.72 Å². The molecule has 0 spiro atoms. The Hall–Kier alpha value is -2.48. The average Bonchev–Trinajstić information content (AvgIpc) is 2.81. The number of hydrogen-bond acceptors (Lipinski definition) is 5. The number of nitrogens with one attached hydrogen (secondary N) is 2. The van der Waals surface area contributed by atoms with Crippen LogP contribution in [0.2, 0.25) is 5.15 Å². The molecule has 2 heterocycles. The van der Waals surface area contributed by atoms with Crippen molar-refractivity contribution in [3.8, 4) is 0 Å². The molecule has 2 aromatic rings. The summed E-state index contributed by atoms with van der Waals surface area (Å²) in [6.07, 6.45) is 2.53. The largest absolute Gasteiger partial charge is 0.348 e. The molecule has 0 aliphatic heterocycles. The summed E-state index contributed by atoms with van der Waals surface area (Å²) in [6, 6.07) is 1.16. The molecule has 0 unspecified atom stereocenters. The molecule has 0 aromatic carbocycles. The van der Waals surface area contributed by atoms with E-state index >= 15 is 0 Å². The molecule has 0 saturated carbocycles. The molecule has 2 rings (SSSR count). The van der Waals surface area contributed by atoms with Crippen molar-refractivity contribution >= 4 is 23.2 Å². The lowest BCUT2D eigenvalue weighted by molar-refractivity contribution is -0.385. The van der Waals surface area contributed by atoms with Gasteiger partial charge < -0.3 is 5.32 Å². The smallest absolute Gasteiger partial charge is 0.300 e. The van der Waals surface area contributed by atoms with Gasteiger partial charge in [0.2, 0.25) is 0 Å². The third kappa shape index (κ3) is 2.91. The first kappa shape index (κ1) is 13.9. The predicted octanol–water partition coefficient (Wildman–Crippen LogP) is 1.60. The van der Waals surface area contributed by atoms with Gasteiger partial charge in [-0.3, -0.25) is 20.0 Å². The molecule has 8 nitrogen and oxygen atoms in total. The second-order valence-corrected chi connectivity index (χ2v) is 4.37. The van der Waals surface area contributed by atoms with Gasteiger partial charge >= 0.3 is 0 Å². The molecular formula is C11H10ClN5O3. The SMILES string of the molecule is Cc1[nH]ncc1CNC(=O)c1cc(Cl)ncc1[N+](=O)[O-]. The number of pyridine rings is 1. The first-order chi connectivity index (χ1) is 9.49. The zero-order valence-electron chi connectivity index (χ0n) is 10.4. The van der Waals surface area contributed by atoms with Crippen LogP contribution in [0.15, 0.2) is 18.5 Å². The van der Waals surface area contributed by atoms with Crippen LogP contribution in [0.25, 0.3) is 0 Å². The van der Waals surface area contributed by atoms with Gasteiger partial charge in [0.25, 0.3) is 11.6 Å². The Kier molecular flexibility index (Phi) is 3.94. The van der Waals surface area contributed by atoms with Crippen molar-refractivity contribution in [2.24, 2.45) is 0 Å². The molecule has 2 N–H and O–H groups in total. The average molecular weight is 296 g/mol. The number of aryl methyl sites for hydroxylation is 1. The van der Waals surface area contributed by atoms with Gasteiger partial charge in [-0.2, -0.15) is 5.10 Å². The van der Waals surface area contributed by atoms with Crippen molar-refractivity contribution in [2.45, 2.75) is 13.5 Å². The number of hydrogen-bond donors (Lipinski definition) is 2. The second kappa shape index (κ2) is 5.66. The van der Waals surface area contributed by atoms with Crippen LogP contribution in [0.5, 0.6) is 0 Å².